The first-order chi connectivity index (χ1) is 7.24. The molecular weight excluding hydrogens is 307 g/mol. The summed E-state index contributed by atoms with van der Waals surface area (Å²) in [4.78, 5) is 18.3. The summed E-state index contributed by atoms with van der Waals surface area (Å²) in [6.07, 6.45) is 3.51. The van der Waals surface area contributed by atoms with Gasteiger partial charge in [-0.25, -0.2) is 4.98 Å². The molecule has 0 aliphatic carbocycles. The van der Waals surface area contributed by atoms with Crippen molar-refractivity contribution >= 4 is 33.6 Å². The number of fused-ring (bicyclic) bond motifs is 1. The zero-order valence-corrected chi connectivity index (χ0v) is 10.5. The molecule has 0 bridgehead atoms. The normalized spacial score (nSPS) is 11.1. The minimum absolute atomic E-state index is 0.119. The predicted molar refractivity (Wildman–Crippen MR) is 65.8 cm³/mol. The van der Waals surface area contributed by atoms with Crippen molar-refractivity contribution in [1.82, 2.24) is 19.7 Å². The number of nitrogens with zero attached hydrogens (tertiary/aromatic N) is 3. The lowest BCUT2D eigenvalue weighted by Gasteiger charge is -1.99. The van der Waals surface area contributed by atoms with E-state index in [1.54, 1.807) is 4.68 Å². The SMILES string of the molecule is CCCCn1nc(I)c2nc[nH]c(=O)c21. The molecule has 0 amide bonds. The van der Waals surface area contributed by atoms with Gasteiger partial charge in [-0.05, 0) is 29.0 Å². The minimum atomic E-state index is -0.119. The average molecular weight is 318 g/mol. The number of hydrogen-bond acceptors (Lipinski definition) is 3. The van der Waals surface area contributed by atoms with Crippen molar-refractivity contribution in [3.8, 4) is 0 Å². The Morgan fingerprint density at radius 2 is 2.40 bits per heavy atom. The number of unbranched alkanes of at least 4 members (excludes halogenated alkanes) is 1. The van der Waals surface area contributed by atoms with Gasteiger partial charge in [-0.3, -0.25) is 9.48 Å². The number of rotatable bonds is 3. The fraction of sp³-hybridized carbons (Fsp3) is 0.444. The Morgan fingerprint density at radius 1 is 1.60 bits per heavy atom. The predicted octanol–water partition coefficient (Wildman–Crippen LogP) is 1.52. The highest BCUT2D eigenvalue weighted by Gasteiger charge is 2.11. The fourth-order valence-electron chi connectivity index (χ4n) is 1.46. The average Bonchev–Trinajstić information content (AvgIpc) is 2.55. The van der Waals surface area contributed by atoms with Crippen molar-refractivity contribution in [2.45, 2.75) is 26.3 Å². The molecule has 2 aromatic heterocycles. The number of aromatic nitrogens is 4. The highest BCUT2D eigenvalue weighted by molar-refractivity contribution is 14.1. The second kappa shape index (κ2) is 4.30. The lowest BCUT2D eigenvalue weighted by atomic mass is 10.3. The maximum atomic E-state index is 11.6. The van der Waals surface area contributed by atoms with E-state index in [4.69, 9.17) is 0 Å². The van der Waals surface area contributed by atoms with Crippen molar-refractivity contribution in [3.63, 3.8) is 0 Å². The Morgan fingerprint density at radius 3 is 3.13 bits per heavy atom. The van der Waals surface area contributed by atoms with Crippen LogP contribution >= 0.6 is 22.6 Å². The van der Waals surface area contributed by atoms with Gasteiger partial charge in [-0.1, -0.05) is 13.3 Å². The van der Waals surface area contributed by atoms with Gasteiger partial charge < -0.3 is 4.98 Å². The van der Waals surface area contributed by atoms with Crippen LogP contribution in [0.4, 0.5) is 0 Å². The van der Waals surface area contributed by atoms with Crippen molar-refractivity contribution in [3.05, 3.63) is 20.4 Å². The van der Waals surface area contributed by atoms with Crippen molar-refractivity contribution in [2.24, 2.45) is 0 Å². The van der Waals surface area contributed by atoms with Gasteiger partial charge in [0.2, 0.25) is 0 Å². The molecule has 0 saturated carbocycles. The van der Waals surface area contributed by atoms with E-state index in [1.165, 1.54) is 6.33 Å². The number of halogens is 1. The molecule has 0 aliphatic rings. The Hall–Kier alpha value is -0.920. The number of nitrogens with one attached hydrogen (secondary N) is 1. The molecule has 2 heterocycles. The molecule has 6 heteroatoms. The largest absolute Gasteiger partial charge is 0.311 e. The Bertz CT molecular complexity index is 530. The van der Waals surface area contributed by atoms with Gasteiger partial charge in [-0.2, -0.15) is 5.10 Å². The number of aromatic amines is 1. The molecule has 15 heavy (non-hydrogen) atoms. The Balaban J connectivity index is 2.60. The Labute approximate surface area is 100 Å². The number of hydrogen-bond donors (Lipinski definition) is 1. The standard InChI is InChI=1S/C9H11IN4O/c1-2-3-4-14-7-6(8(10)13-14)11-5-12-9(7)15/h5H,2-4H2,1H3,(H,11,12,15). The second-order valence-electron chi connectivity index (χ2n) is 3.30. The van der Waals surface area contributed by atoms with Crippen molar-refractivity contribution in [2.75, 3.05) is 0 Å². The third kappa shape index (κ3) is 1.90. The topological polar surface area (TPSA) is 63.6 Å². The van der Waals surface area contributed by atoms with Crippen molar-refractivity contribution < 1.29 is 0 Å². The number of H-pyrrole nitrogens is 1. The van der Waals surface area contributed by atoms with Crippen LogP contribution in [-0.2, 0) is 6.54 Å². The lowest BCUT2D eigenvalue weighted by Crippen LogP contribution is -2.12. The van der Waals surface area contributed by atoms with Gasteiger partial charge >= 0.3 is 0 Å². The van der Waals surface area contributed by atoms with Gasteiger partial charge in [0.05, 0.1) is 6.33 Å². The molecule has 0 radical (unpaired) electrons. The van der Waals surface area contributed by atoms with Crippen LogP contribution in [0.3, 0.4) is 0 Å². The third-order valence-electron chi connectivity index (χ3n) is 2.21. The summed E-state index contributed by atoms with van der Waals surface area (Å²) in [5, 5.41) is 4.31. The zero-order chi connectivity index (χ0) is 10.8. The summed E-state index contributed by atoms with van der Waals surface area (Å²) in [6, 6.07) is 0. The highest BCUT2D eigenvalue weighted by Crippen LogP contribution is 2.14. The lowest BCUT2D eigenvalue weighted by molar-refractivity contribution is 0.583. The van der Waals surface area contributed by atoms with Crippen LogP contribution in [0.5, 0.6) is 0 Å². The van der Waals surface area contributed by atoms with Gasteiger partial charge in [0.25, 0.3) is 5.56 Å². The van der Waals surface area contributed by atoms with E-state index in [2.05, 4.69) is 44.6 Å². The van der Waals surface area contributed by atoms with Gasteiger partial charge in [0.15, 0.2) is 5.52 Å². The van der Waals surface area contributed by atoms with Crippen LogP contribution < -0.4 is 5.56 Å². The molecule has 5 nitrogen and oxygen atoms in total. The van der Waals surface area contributed by atoms with Gasteiger partial charge in [-0.15, -0.1) is 0 Å². The van der Waals surface area contributed by atoms with Gasteiger partial charge in [0, 0.05) is 6.54 Å². The summed E-state index contributed by atoms with van der Waals surface area (Å²) in [7, 11) is 0. The summed E-state index contributed by atoms with van der Waals surface area (Å²) in [5.74, 6) is 0. The molecule has 80 valence electrons. The quantitative estimate of drug-likeness (QED) is 0.873. The van der Waals surface area contributed by atoms with E-state index < -0.39 is 0 Å². The van der Waals surface area contributed by atoms with Gasteiger partial charge in [0.1, 0.15) is 9.22 Å². The van der Waals surface area contributed by atoms with E-state index >= 15 is 0 Å². The summed E-state index contributed by atoms with van der Waals surface area (Å²) >= 11 is 2.10. The molecule has 0 unspecified atom stereocenters. The van der Waals surface area contributed by atoms with Crippen LogP contribution in [0.2, 0.25) is 0 Å². The zero-order valence-electron chi connectivity index (χ0n) is 8.33. The minimum Gasteiger partial charge on any atom is -0.311 e. The molecule has 0 spiro atoms. The fourth-order valence-corrected chi connectivity index (χ4v) is 2.11. The molecule has 0 fully saturated rings. The summed E-state index contributed by atoms with van der Waals surface area (Å²) in [5.41, 5.74) is 1.15. The molecule has 0 aromatic carbocycles. The van der Waals surface area contributed by atoms with E-state index in [-0.39, 0.29) is 5.56 Å². The molecule has 2 aromatic rings. The van der Waals surface area contributed by atoms with Crippen LogP contribution in [0, 0.1) is 3.70 Å². The van der Waals surface area contributed by atoms with E-state index in [0.717, 1.165) is 23.1 Å². The third-order valence-corrected chi connectivity index (χ3v) is 2.94. The first kappa shape index (κ1) is 10.6. The maximum absolute atomic E-state index is 11.6. The van der Waals surface area contributed by atoms with Crippen LogP contribution in [-0.4, -0.2) is 19.7 Å². The molecule has 1 N–H and O–H groups in total. The molecule has 0 saturated heterocycles. The summed E-state index contributed by atoms with van der Waals surface area (Å²) in [6.45, 7) is 2.88. The summed E-state index contributed by atoms with van der Waals surface area (Å²) < 4.78 is 2.52. The first-order valence-corrected chi connectivity index (χ1v) is 5.91. The molecule has 2 rings (SSSR count). The van der Waals surface area contributed by atoms with E-state index in [9.17, 15) is 4.79 Å². The number of aryl methyl sites for hydroxylation is 1. The monoisotopic (exact) mass is 318 g/mol. The highest BCUT2D eigenvalue weighted by atomic mass is 127. The molecule has 0 aliphatic heterocycles. The van der Waals surface area contributed by atoms with E-state index in [1.807, 2.05) is 0 Å². The Kier molecular flexibility index (Phi) is 3.03. The molecular formula is C9H11IN4O. The molecule has 0 atom stereocenters. The van der Waals surface area contributed by atoms with Crippen LogP contribution in [0.15, 0.2) is 11.1 Å². The first-order valence-electron chi connectivity index (χ1n) is 4.83. The second-order valence-corrected chi connectivity index (χ2v) is 4.32. The maximum Gasteiger partial charge on any atom is 0.276 e. The van der Waals surface area contributed by atoms with Crippen LogP contribution in [0.1, 0.15) is 19.8 Å². The van der Waals surface area contributed by atoms with Crippen LogP contribution in [0.25, 0.3) is 11.0 Å². The smallest absolute Gasteiger partial charge is 0.276 e. The van der Waals surface area contributed by atoms with E-state index in [0.29, 0.717) is 11.0 Å². The van der Waals surface area contributed by atoms with Crippen molar-refractivity contribution in [1.29, 1.82) is 0 Å².